The van der Waals surface area contributed by atoms with Gasteiger partial charge in [0.2, 0.25) is 5.91 Å². The van der Waals surface area contributed by atoms with Crippen LogP contribution >= 0.6 is 23.1 Å². The van der Waals surface area contributed by atoms with Gasteiger partial charge in [0.05, 0.1) is 23.1 Å². The van der Waals surface area contributed by atoms with Gasteiger partial charge in [-0.15, -0.1) is 23.1 Å². The summed E-state index contributed by atoms with van der Waals surface area (Å²) in [6.45, 7) is 5.04. The third kappa shape index (κ3) is 12.9. The summed E-state index contributed by atoms with van der Waals surface area (Å²) >= 11 is 3.21. The Morgan fingerprint density at radius 3 is 2.17 bits per heavy atom. The molecule has 0 saturated heterocycles. The van der Waals surface area contributed by atoms with Crippen molar-refractivity contribution < 1.29 is 19.1 Å². The van der Waals surface area contributed by atoms with Crippen LogP contribution in [0.15, 0.2) is 77.1 Å². The standard InChI is InChI=1S/C35H46N6O4S2/c1-25(2)33-39-30(23-46-33)21-41(3)34(43)37-17-16-32(42)38-28(18-26-10-6-4-7-11-26)14-15-29(19-27-12-8-5-9-13-27)40-35(44)45-22-31-20-36-24-47-31/h4-13,20,23,25,28-29,36H,14-19,21-22,24H2,1-3H3,(H,37,43)(H,38,42)(H,40,44)/t28-,29-/m1/s1. The average Bonchev–Trinajstić information content (AvgIpc) is 3.76. The maximum Gasteiger partial charge on any atom is 0.407 e. The Kier molecular flexibility index (Phi) is 14.4. The van der Waals surface area contributed by atoms with Crippen molar-refractivity contribution in [1.29, 1.82) is 0 Å². The van der Waals surface area contributed by atoms with Crippen molar-refractivity contribution in [3.8, 4) is 0 Å². The highest BCUT2D eigenvalue weighted by molar-refractivity contribution is 8.03. The highest BCUT2D eigenvalue weighted by Gasteiger charge is 2.20. The summed E-state index contributed by atoms with van der Waals surface area (Å²) in [6, 6.07) is 19.4. The lowest BCUT2D eigenvalue weighted by molar-refractivity contribution is -0.121. The minimum absolute atomic E-state index is 0.141. The van der Waals surface area contributed by atoms with Gasteiger partial charge in [0, 0.05) is 54.5 Å². The van der Waals surface area contributed by atoms with E-state index in [1.165, 1.54) is 0 Å². The van der Waals surface area contributed by atoms with E-state index in [1.54, 1.807) is 35.0 Å². The number of urea groups is 1. The fourth-order valence-electron chi connectivity index (χ4n) is 5.10. The average molecular weight is 679 g/mol. The molecule has 4 N–H and O–H groups in total. The van der Waals surface area contributed by atoms with Crippen molar-refractivity contribution in [3.05, 3.63) is 99.0 Å². The van der Waals surface area contributed by atoms with Crippen molar-refractivity contribution in [2.75, 3.05) is 26.1 Å². The molecule has 12 heteroatoms. The molecule has 2 atom stereocenters. The Labute approximate surface area is 286 Å². The van der Waals surface area contributed by atoms with E-state index >= 15 is 0 Å². The number of benzene rings is 2. The lowest BCUT2D eigenvalue weighted by Crippen LogP contribution is -2.42. The molecule has 1 aliphatic rings. The van der Waals surface area contributed by atoms with E-state index in [0.29, 0.717) is 38.1 Å². The molecule has 0 radical (unpaired) electrons. The van der Waals surface area contributed by atoms with Gasteiger partial charge in [-0.25, -0.2) is 14.6 Å². The maximum atomic E-state index is 13.1. The molecule has 2 heterocycles. The Morgan fingerprint density at radius 2 is 1.60 bits per heavy atom. The van der Waals surface area contributed by atoms with Crippen LogP contribution in [0.5, 0.6) is 0 Å². The molecule has 252 valence electrons. The van der Waals surface area contributed by atoms with Gasteiger partial charge in [-0.05, 0) is 36.8 Å². The second-order valence-corrected chi connectivity index (χ2v) is 13.9. The van der Waals surface area contributed by atoms with Crippen molar-refractivity contribution in [2.24, 2.45) is 0 Å². The third-order valence-corrected chi connectivity index (χ3v) is 9.70. The second kappa shape index (κ2) is 19.0. The molecular weight excluding hydrogens is 633 g/mol. The predicted octanol–water partition coefficient (Wildman–Crippen LogP) is 5.78. The van der Waals surface area contributed by atoms with E-state index in [9.17, 15) is 14.4 Å². The van der Waals surface area contributed by atoms with E-state index in [0.717, 1.165) is 32.6 Å². The number of carbonyl (C=O) groups excluding carboxylic acids is 3. The molecule has 47 heavy (non-hydrogen) atoms. The Bertz CT molecular complexity index is 1450. The largest absolute Gasteiger partial charge is 0.444 e. The van der Waals surface area contributed by atoms with Crippen molar-refractivity contribution >= 4 is 41.1 Å². The summed E-state index contributed by atoms with van der Waals surface area (Å²) < 4.78 is 5.50. The normalized spacial score (nSPS) is 13.7. The van der Waals surface area contributed by atoms with Crippen LogP contribution in [0.25, 0.3) is 0 Å². The molecule has 0 aliphatic carbocycles. The van der Waals surface area contributed by atoms with E-state index in [4.69, 9.17) is 4.74 Å². The fraction of sp³-hybridized carbons (Fsp3) is 0.429. The van der Waals surface area contributed by atoms with E-state index in [1.807, 2.05) is 72.2 Å². The molecule has 0 bridgehead atoms. The van der Waals surface area contributed by atoms with Gasteiger partial charge < -0.3 is 30.9 Å². The number of amides is 4. The highest BCUT2D eigenvalue weighted by Crippen LogP contribution is 2.20. The number of hydrogen-bond acceptors (Lipinski definition) is 8. The van der Waals surface area contributed by atoms with Gasteiger partial charge in [-0.1, -0.05) is 74.5 Å². The molecule has 4 rings (SSSR count). The smallest absolute Gasteiger partial charge is 0.407 e. The first kappa shape index (κ1) is 35.8. The SMILES string of the molecule is CC(C)c1nc(CN(C)C(=O)NCCC(=O)N[C@H](CC[C@H](Cc2ccccc2)NC(=O)OCC2=CNCS2)Cc2ccccc2)cs1. The van der Waals surface area contributed by atoms with Crippen LogP contribution in [0.3, 0.4) is 0 Å². The van der Waals surface area contributed by atoms with Crippen molar-refractivity contribution in [2.45, 2.75) is 70.5 Å². The summed E-state index contributed by atoms with van der Waals surface area (Å²) in [4.78, 5) is 45.7. The van der Waals surface area contributed by atoms with Gasteiger partial charge in [0.1, 0.15) is 6.61 Å². The number of nitrogens with zero attached hydrogens (tertiary/aromatic N) is 2. The number of alkyl carbamates (subject to hydrolysis) is 1. The van der Waals surface area contributed by atoms with Crippen LogP contribution in [-0.4, -0.2) is 66.1 Å². The van der Waals surface area contributed by atoms with Crippen LogP contribution in [0.1, 0.15) is 60.9 Å². The molecule has 0 fully saturated rings. The summed E-state index contributed by atoms with van der Waals surface area (Å²) in [5.74, 6) is 0.987. The first-order valence-corrected chi connectivity index (χ1v) is 17.9. The molecule has 0 unspecified atom stereocenters. The number of nitrogens with one attached hydrogen (secondary N) is 4. The van der Waals surface area contributed by atoms with Crippen LogP contribution in [0.2, 0.25) is 0 Å². The Morgan fingerprint density at radius 1 is 0.957 bits per heavy atom. The van der Waals surface area contributed by atoms with Crippen molar-refractivity contribution in [1.82, 2.24) is 31.2 Å². The monoisotopic (exact) mass is 678 g/mol. The Balaban J connectivity index is 1.30. The van der Waals surface area contributed by atoms with E-state index in [-0.39, 0.29) is 43.6 Å². The minimum Gasteiger partial charge on any atom is -0.444 e. The van der Waals surface area contributed by atoms with Crippen LogP contribution < -0.4 is 21.3 Å². The van der Waals surface area contributed by atoms with Crippen LogP contribution in [-0.2, 0) is 28.9 Å². The summed E-state index contributed by atoms with van der Waals surface area (Å²) in [5.41, 5.74) is 3.07. The van der Waals surface area contributed by atoms with E-state index in [2.05, 4.69) is 40.1 Å². The highest BCUT2D eigenvalue weighted by atomic mass is 32.2. The number of hydrogen-bond donors (Lipinski definition) is 4. The van der Waals surface area contributed by atoms with Gasteiger partial charge in [-0.3, -0.25) is 4.79 Å². The second-order valence-electron chi connectivity index (χ2n) is 11.9. The fourth-order valence-corrected chi connectivity index (χ4v) is 6.59. The zero-order valence-corrected chi connectivity index (χ0v) is 29.0. The molecule has 1 aromatic heterocycles. The molecule has 0 saturated carbocycles. The molecule has 0 spiro atoms. The molecule has 10 nitrogen and oxygen atoms in total. The van der Waals surface area contributed by atoms with Gasteiger partial charge in [0.25, 0.3) is 0 Å². The molecule has 3 aromatic rings. The first-order valence-electron chi connectivity index (χ1n) is 16.0. The quantitative estimate of drug-likeness (QED) is 0.143. The topological polar surface area (TPSA) is 125 Å². The summed E-state index contributed by atoms with van der Waals surface area (Å²) in [5, 5.41) is 15.2. The zero-order valence-electron chi connectivity index (χ0n) is 27.4. The molecule has 4 amide bonds. The van der Waals surface area contributed by atoms with Gasteiger partial charge in [-0.2, -0.15) is 0 Å². The van der Waals surface area contributed by atoms with Gasteiger partial charge in [0.15, 0.2) is 0 Å². The summed E-state index contributed by atoms with van der Waals surface area (Å²) in [7, 11) is 1.72. The van der Waals surface area contributed by atoms with E-state index < -0.39 is 6.09 Å². The number of rotatable bonds is 17. The van der Waals surface area contributed by atoms with Crippen LogP contribution in [0.4, 0.5) is 9.59 Å². The lowest BCUT2D eigenvalue weighted by Gasteiger charge is -2.24. The predicted molar refractivity (Wildman–Crippen MR) is 189 cm³/mol. The van der Waals surface area contributed by atoms with Crippen LogP contribution in [0, 0.1) is 0 Å². The molecule has 2 aromatic carbocycles. The molecular formula is C35H46N6O4S2. The summed E-state index contributed by atoms with van der Waals surface area (Å²) in [6.07, 6.45) is 4.13. The zero-order chi connectivity index (χ0) is 33.4. The number of thiazole rings is 1. The number of carbonyl (C=O) groups is 3. The van der Waals surface area contributed by atoms with Crippen molar-refractivity contribution in [3.63, 3.8) is 0 Å². The number of aromatic nitrogens is 1. The number of ether oxygens (including phenoxy) is 1. The lowest BCUT2D eigenvalue weighted by atomic mass is 9.96. The maximum absolute atomic E-state index is 13.1. The minimum atomic E-state index is -0.459. The molecule has 1 aliphatic heterocycles. The first-order chi connectivity index (χ1) is 22.7. The Hall–Kier alpha value is -4.03. The third-order valence-electron chi connectivity index (χ3n) is 7.59. The number of thioether (sulfide) groups is 1. The van der Waals surface area contributed by atoms with Gasteiger partial charge >= 0.3 is 12.1 Å².